The normalized spacial score (nSPS) is 24.9. The third-order valence-corrected chi connectivity index (χ3v) is 6.57. The van der Waals surface area contributed by atoms with Crippen LogP contribution in [0.2, 0.25) is 0 Å². The van der Waals surface area contributed by atoms with Gasteiger partial charge in [-0.1, -0.05) is 30.3 Å². The van der Waals surface area contributed by atoms with Crippen LogP contribution >= 0.6 is 0 Å². The number of nitrogens with zero attached hydrogens (tertiary/aromatic N) is 2. The quantitative estimate of drug-likeness (QED) is 0.816. The predicted molar refractivity (Wildman–Crippen MR) is 84.8 cm³/mol. The molecule has 3 rings (SSSR count). The molecule has 2 heterocycles. The fraction of sp³-hybridized carbons (Fsp3) is 0.562. The molecule has 1 aromatic carbocycles. The molecule has 2 atom stereocenters. The number of aryl methyl sites for hydroxylation is 1. The zero-order chi connectivity index (χ0) is 15.7. The average molecular weight is 322 g/mol. The summed E-state index contributed by atoms with van der Waals surface area (Å²) in [5.41, 5.74) is 1.16. The van der Waals surface area contributed by atoms with Gasteiger partial charge in [-0.15, -0.1) is 0 Å². The Morgan fingerprint density at radius 1 is 1.18 bits per heavy atom. The molecule has 0 bridgehead atoms. The molecule has 2 aliphatic rings. The average Bonchev–Trinajstić information content (AvgIpc) is 2.84. The Labute approximate surface area is 132 Å². The molecule has 0 saturated carbocycles. The Morgan fingerprint density at radius 2 is 1.91 bits per heavy atom. The first-order valence-corrected chi connectivity index (χ1v) is 9.43. The van der Waals surface area contributed by atoms with Gasteiger partial charge in [-0.2, -0.15) is 4.31 Å². The third-order valence-electron chi connectivity index (χ3n) is 4.75. The van der Waals surface area contributed by atoms with Gasteiger partial charge >= 0.3 is 0 Å². The SMILES string of the molecule is CCS(=O)(=O)N1CC2CN(C(=O)CCc3ccccc3)C2C1. The Bertz CT molecular complexity index is 645. The summed E-state index contributed by atoms with van der Waals surface area (Å²) in [6.07, 6.45) is 1.23. The molecule has 0 aromatic heterocycles. The van der Waals surface area contributed by atoms with E-state index in [0.29, 0.717) is 32.0 Å². The lowest BCUT2D eigenvalue weighted by atomic mass is 9.91. The molecular formula is C16H22N2O3S. The Balaban J connectivity index is 1.54. The Kier molecular flexibility index (Phi) is 4.23. The highest BCUT2D eigenvalue weighted by Crippen LogP contribution is 2.34. The summed E-state index contributed by atoms with van der Waals surface area (Å²) in [5.74, 6) is 0.594. The van der Waals surface area contributed by atoms with Gasteiger partial charge in [0.1, 0.15) is 0 Å². The minimum atomic E-state index is -3.13. The smallest absolute Gasteiger partial charge is 0.223 e. The van der Waals surface area contributed by atoms with E-state index >= 15 is 0 Å². The van der Waals surface area contributed by atoms with E-state index in [1.54, 1.807) is 11.2 Å². The summed E-state index contributed by atoms with van der Waals surface area (Å²) in [6, 6.07) is 10.1. The topological polar surface area (TPSA) is 57.7 Å². The molecule has 2 unspecified atom stereocenters. The van der Waals surface area contributed by atoms with Crippen molar-refractivity contribution in [1.29, 1.82) is 0 Å². The van der Waals surface area contributed by atoms with Gasteiger partial charge in [0.2, 0.25) is 15.9 Å². The third kappa shape index (κ3) is 2.90. The van der Waals surface area contributed by atoms with Crippen molar-refractivity contribution in [2.75, 3.05) is 25.4 Å². The van der Waals surface area contributed by atoms with Crippen LogP contribution in [-0.2, 0) is 21.2 Å². The molecule has 6 heteroatoms. The highest BCUT2D eigenvalue weighted by atomic mass is 32.2. The van der Waals surface area contributed by atoms with Gasteiger partial charge in [-0.05, 0) is 18.9 Å². The van der Waals surface area contributed by atoms with E-state index in [-0.39, 0.29) is 17.7 Å². The van der Waals surface area contributed by atoms with Crippen molar-refractivity contribution in [3.8, 4) is 0 Å². The van der Waals surface area contributed by atoms with Gasteiger partial charge in [-0.25, -0.2) is 8.42 Å². The molecule has 1 amide bonds. The molecular weight excluding hydrogens is 300 g/mol. The molecule has 2 aliphatic heterocycles. The standard InChI is InChI=1S/C16H22N2O3S/c1-2-22(20,21)17-10-14-11-18(15(14)12-17)16(19)9-8-13-6-4-3-5-7-13/h3-7,14-15H,2,8-12H2,1H3. The van der Waals surface area contributed by atoms with Crippen LogP contribution in [-0.4, -0.2) is 55.0 Å². The summed E-state index contributed by atoms with van der Waals surface area (Å²) >= 11 is 0. The maximum Gasteiger partial charge on any atom is 0.223 e. The van der Waals surface area contributed by atoms with Gasteiger partial charge in [0, 0.05) is 32.0 Å². The fourth-order valence-electron chi connectivity index (χ4n) is 3.33. The lowest BCUT2D eigenvalue weighted by Crippen LogP contribution is -2.58. The number of hydrogen-bond donors (Lipinski definition) is 0. The van der Waals surface area contributed by atoms with Crippen molar-refractivity contribution in [2.45, 2.75) is 25.8 Å². The molecule has 22 heavy (non-hydrogen) atoms. The molecule has 2 fully saturated rings. The monoisotopic (exact) mass is 322 g/mol. The second-order valence-corrected chi connectivity index (χ2v) is 8.33. The zero-order valence-corrected chi connectivity index (χ0v) is 13.6. The summed E-state index contributed by atoms with van der Waals surface area (Å²) in [7, 11) is -3.13. The highest BCUT2D eigenvalue weighted by Gasteiger charge is 2.49. The van der Waals surface area contributed by atoms with Gasteiger partial charge in [0.15, 0.2) is 0 Å². The molecule has 0 aliphatic carbocycles. The molecule has 2 saturated heterocycles. The van der Waals surface area contributed by atoms with Crippen LogP contribution in [0.25, 0.3) is 0 Å². The first kappa shape index (κ1) is 15.5. The molecule has 120 valence electrons. The van der Waals surface area contributed by atoms with E-state index in [0.717, 1.165) is 12.0 Å². The largest absolute Gasteiger partial charge is 0.338 e. The first-order chi connectivity index (χ1) is 10.5. The van der Waals surface area contributed by atoms with Gasteiger partial charge in [0.05, 0.1) is 11.8 Å². The first-order valence-electron chi connectivity index (χ1n) is 7.82. The minimum Gasteiger partial charge on any atom is -0.338 e. The molecule has 1 aromatic rings. The summed E-state index contributed by atoms with van der Waals surface area (Å²) < 4.78 is 25.4. The number of amides is 1. The predicted octanol–water partition coefficient (Wildman–Crippen LogP) is 1.11. The van der Waals surface area contributed by atoms with E-state index in [2.05, 4.69) is 0 Å². The van der Waals surface area contributed by atoms with Gasteiger partial charge in [0.25, 0.3) is 0 Å². The van der Waals surface area contributed by atoms with E-state index < -0.39 is 10.0 Å². The van der Waals surface area contributed by atoms with Crippen molar-refractivity contribution >= 4 is 15.9 Å². The number of hydrogen-bond acceptors (Lipinski definition) is 3. The van der Waals surface area contributed by atoms with Crippen molar-refractivity contribution in [1.82, 2.24) is 9.21 Å². The molecule has 0 N–H and O–H groups in total. The number of benzene rings is 1. The lowest BCUT2D eigenvalue weighted by Gasteiger charge is -2.43. The van der Waals surface area contributed by atoms with Crippen LogP contribution in [0.15, 0.2) is 30.3 Å². The van der Waals surface area contributed by atoms with E-state index in [9.17, 15) is 13.2 Å². The van der Waals surface area contributed by atoms with E-state index in [4.69, 9.17) is 0 Å². The lowest BCUT2D eigenvalue weighted by molar-refractivity contribution is -0.141. The van der Waals surface area contributed by atoms with Crippen molar-refractivity contribution in [3.05, 3.63) is 35.9 Å². The van der Waals surface area contributed by atoms with Crippen LogP contribution in [0.5, 0.6) is 0 Å². The van der Waals surface area contributed by atoms with Gasteiger partial charge in [-0.3, -0.25) is 4.79 Å². The fourth-order valence-corrected chi connectivity index (χ4v) is 4.50. The molecule has 0 spiro atoms. The van der Waals surface area contributed by atoms with Crippen molar-refractivity contribution in [3.63, 3.8) is 0 Å². The minimum absolute atomic E-state index is 0.0876. The zero-order valence-electron chi connectivity index (χ0n) is 12.8. The number of likely N-dealkylation sites (tertiary alicyclic amines) is 1. The Morgan fingerprint density at radius 3 is 2.59 bits per heavy atom. The van der Waals surface area contributed by atoms with Crippen LogP contribution in [0.3, 0.4) is 0 Å². The van der Waals surface area contributed by atoms with Gasteiger partial charge < -0.3 is 4.90 Å². The van der Waals surface area contributed by atoms with Crippen LogP contribution < -0.4 is 0 Å². The maximum absolute atomic E-state index is 12.3. The number of sulfonamides is 1. The Hall–Kier alpha value is -1.40. The maximum atomic E-state index is 12.3. The molecule has 5 nitrogen and oxygen atoms in total. The number of fused-ring (bicyclic) bond motifs is 1. The van der Waals surface area contributed by atoms with E-state index in [1.807, 2.05) is 35.2 Å². The number of carbonyl (C=O) groups is 1. The van der Waals surface area contributed by atoms with E-state index in [1.165, 1.54) is 0 Å². The second-order valence-electron chi connectivity index (χ2n) is 6.08. The second kappa shape index (κ2) is 6.01. The summed E-state index contributed by atoms with van der Waals surface area (Å²) in [6.45, 7) is 3.41. The summed E-state index contributed by atoms with van der Waals surface area (Å²) in [5, 5.41) is 0. The van der Waals surface area contributed by atoms with Crippen LogP contribution in [0.4, 0.5) is 0 Å². The van der Waals surface area contributed by atoms with Crippen molar-refractivity contribution in [2.24, 2.45) is 5.92 Å². The van der Waals surface area contributed by atoms with Crippen LogP contribution in [0, 0.1) is 5.92 Å². The van der Waals surface area contributed by atoms with Crippen molar-refractivity contribution < 1.29 is 13.2 Å². The summed E-state index contributed by atoms with van der Waals surface area (Å²) in [4.78, 5) is 14.2. The number of carbonyl (C=O) groups excluding carboxylic acids is 1. The molecule has 0 radical (unpaired) electrons. The number of rotatable bonds is 5. The van der Waals surface area contributed by atoms with Crippen LogP contribution in [0.1, 0.15) is 18.9 Å². The highest BCUT2D eigenvalue weighted by molar-refractivity contribution is 7.89.